The van der Waals surface area contributed by atoms with Crippen LogP contribution < -0.4 is 0 Å². The minimum Gasteiger partial charge on any atom is -0.481 e. The quantitative estimate of drug-likeness (QED) is 0.908. The highest BCUT2D eigenvalue weighted by Gasteiger charge is 2.37. The van der Waals surface area contributed by atoms with Gasteiger partial charge in [0, 0.05) is 30.8 Å². The van der Waals surface area contributed by atoms with Crippen LogP contribution in [0, 0.1) is 25.7 Å². The number of nitrogens with zero attached hydrogens (tertiary/aromatic N) is 1. The average molecular weight is 325 g/mol. The van der Waals surface area contributed by atoms with E-state index >= 15 is 0 Å². The van der Waals surface area contributed by atoms with E-state index in [1.54, 1.807) is 0 Å². The number of carboxylic acid groups (broad SMARTS) is 1. The molecule has 0 bridgehead atoms. The van der Waals surface area contributed by atoms with Gasteiger partial charge in [-0.2, -0.15) is 0 Å². The lowest BCUT2D eigenvalue weighted by Gasteiger charge is -2.29. The minimum atomic E-state index is -2.57. The van der Waals surface area contributed by atoms with Gasteiger partial charge in [0.15, 0.2) is 0 Å². The Hall–Kier alpha value is -1.39. The third-order valence-electron chi connectivity index (χ3n) is 5.87. The maximum absolute atomic E-state index is 13.7. The molecule has 1 fully saturated rings. The molecule has 2 aliphatic rings. The Morgan fingerprint density at radius 1 is 1.26 bits per heavy atom. The number of aromatic nitrogens is 1. The van der Waals surface area contributed by atoms with Crippen molar-refractivity contribution in [3.8, 4) is 0 Å². The number of carboxylic acids is 1. The molecule has 1 heterocycles. The molecular formula is C18H25F2NO2. The smallest absolute Gasteiger partial charge is 0.306 e. The fourth-order valence-corrected chi connectivity index (χ4v) is 4.27. The van der Waals surface area contributed by atoms with Crippen molar-refractivity contribution < 1.29 is 18.7 Å². The fraction of sp³-hybridized carbons (Fsp3) is 0.722. The zero-order chi connectivity index (χ0) is 16.8. The van der Waals surface area contributed by atoms with Crippen molar-refractivity contribution in [1.82, 2.24) is 4.57 Å². The summed E-state index contributed by atoms with van der Waals surface area (Å²) in [6.45, 7) is 4.82. The van der Waals surface area contributed by atoms with E-state index in [2.05, 4.69) is 4.57 Å². The van der Waals surface area contributed by atoms with Crippen molar-refractivity contribution >= 4 is 5.97 Å². The SMILES string of the molecule is Cc1c2c(n(CC3CCC(C(=O)O)CC3)c1C)CCC(F)(F)C2. The number of hydrogen-bond acceptors (Lipinski definition) is 1. The Bertz CT molecular complexity index is 613. The molecule has 0 saturated heterocycles. The molecule has 1 aromatic rings. The summed E-state index contributed by atoms with van der Waals surface area (Å²) in [7, 11) is 0. The van der Waals surface area contributed by atoms with Crippen LogP contribution >= 0.6 is 0 Å². The Labute approximate surface area is 135 Å². The number of hydrogen-bond donors (Lipinski definition) is 1. The largest absolute Gasteiger partial charge is 0.481 e. The molecule has 0 radical (unpaired) electrons. The summed E-state index contributed by atoms with van der Waals surface area (Å²) in [6.07, 6.45) is 3.56. The maximum atomic E-state index is 13.7. The lowest BCUT2D eigenvalue weighted by molar-refractivity contribution is -0.143. The first-order chi connectivity index (χ1) is 10.8. The van der Waals surface area contributed by atoms with E-state index < -0.39 is 11.9 Å². The van der Waals surface area contributed by atoms with Gasteiger partial charge in [-0.25, -0.2) is 8.78 Å². The summed E-state index contributed by atoms with van der Waals surface area (Å²) in [5, 5.41) is 9.09. The highest BCUT2D eigenvalue weighted by atomic mass is 19.3. The average Bonchev–Trinajstić information content (AvgIpc) is 2.71. The molecule has 0 aliphatic heterocycles. The third-order valence-corrected chi connectivity index (χ3v) is 5.87. The molecule has 0 unspecified atom stereocenters. The summed E-state index contributed by atoms with van der Waals surface area (Å²) < 4.78 is 29.7. The van der Waals surface area contributed by atoms with Crippen LogP contribution in [0.15, 0.2) is 0 Å². The molecule has 0 amide bonds. The van der Waals surface area contributed by atoms with Crippen LogP contribution in [-0.2, 0) is 24.2 Å². The van der Waals surface area contributed by atoms with Crippen molar-refractivity contribution in [1.29, 1.82) is 0 Å². The van der Waals surface area contributed by atoms with E-state index in [0.29, 0.717) is 12.3 Å². The number of halogens is 2. The second-order valence-corrected chi connectivity index (χ2v) is 7.33. The maximum Gasteiger partial charge on any atom is 0.306 e. The highest BCUT2D eigenvalue weighted by Crippen LogP contribution is 2.38. The molecule has 3 nitrogen and oxygen atoms in total. The van der Waals surface area contributed by atoms with E-state index in [0.717, 1.165) is 54.7 Å². The zero-order valence-electron chi connectivity index (χ0n) is 13.9. The first-order valence-electron chi connectivity index (χ1n) is 8.56. The number of aliphatic carboxylic acids is 1. The highest BCUT2D eigenvalue weighted by molar-refractivity contribution is 5.69. The first kappa shape index (κ1) is 16.5. The van der Waals surface area contributed by atoms with Crippen LogP contribution in [0.25, 0.3) is 0 Å². The molecule has 0 aromatic carbocycles. The molecule has 128 valence electrons. The van der Waals surface area contributed by atoms with Gasteiger partial charge in [0.05, 0.1) is 5.92 Å². The summed E-state index contributed by atoms with van der Waals surface area (Å²) in [4.78, 5) is 11.1. The van der Waals surface area contributed by atoms with Gasteiger partial charge in [-0.3, -0.25) is 4.79 Å². The van der Waals surface area contributed by atoms with Gasteiger partial charge in [0.1, 0.15) is 0 Å². The van der Waals surface area contributed by atoms with E-state index in [1.807, 2.05) is 13.8 Å². The second-order valence-electron chi connectivity index (χ2n) is 7.33. The van der Waals surface area contributed by atoms with Crippen molar-refractivity contribution in [2.75, 3.05) is 0 Å². The van der Waals surface area contributed by atoms with Gasteiger partial charge in [-0.1, -0.05) is 0 Å². The fourth-order valence-electron chi connectivity index (χ4n) is 4.27. The number of rotatable bonds is 3. The molecule has 1 saturated carbocycles. The van der Waals surface area contributed by atoms with Gasteiger partial charge >= 0.3 is 5.97 Å². The molecule has 3 rings (SSSR count). The molecule has 1 aromatic heterocycles. The molecule has 23 heavy (non-hydrogen) atoms. The molecule has 5 heteroatoms. The predicted molar refractivity (Wildman–Crippen MR) is 84.0 cm³/mol. The summed E-state index contributed by atoms with van der Waals surface area (Å²) in [6, 6.07) is 0. The van der Waals surface area contributed by atoms with Crippen molar-refractivity contribution in [2.45, 2.75) is 71.3 Å². The van der Waals surface area contributed by atoms with Crippen molar-refractivity contribution in [3.05, 3.63) is 22.5 Å². The van der Waals surface area contributed by atoms with Crippen LogP contribution in [0.5, 0.6) is 0 Å². The van der Waals surface area contributed by atoms with E-state index in [4.69, 9.17) is 5.11 Å². The lowest BCUT2D eigenvalue weighted by Crippen LogP contribution is -2.28. The summed E-state index contributed by atoms with van der Waals surface area (Å²) in [5.74, 6) is -3.00. The summed E-state index contributed by atoms with van der Waals surface area (Å²) in [5.41, 5.74) is 4.05. The Morgan fingerprint density at radius 3 is 2.52 bits per heavy atom. The molecule has 0 atom stereocenters. The zero-order valence-corrected chi connectivity index (χ0v) is 13.9. The number of fused-ring (bicyclic) bond motifs is 1. The molecular weight excluding hydrogens is 300 g/mol. The van der Waals surface area contributed by atoms with Gasteiger partial charge in [0.25, 0.3) is 5.92 Å². The third kappa shape index (κ3) is 3.15. The van der Waals surface area contributed by atoms with Gasteiger partial charge in [-0.15, -0.1) is 0 Å². The Morgan fingerprint density at radius 2 is 1.91 bits per heavy atom. The predicted octanol–water partition coefficient (Wildman–Crippen LogP) is 4.12. The van der Waals surface area contributed by atoms with E-state index in [9.17, 15) is 13.6 Å². The van der Waals surface area contributed by atoms with E-state index in [1.165, 1.54) is 0 Å². The van der Waals surface area contributed by atoms with Crippen LogP contribution in [0.4, 0.5) is 8.78 Å². The minimum absolute atomic E-state index is 0.0609. The molecule has 2 aliphatic carbocycles. The van der Waals surface area contributed by atoms with Crippen molar-refractivity contribution in [2.24, 2.45) is 11.8 Å². The van der Waals surface area contributed by atoms with Crippen LogP contribution in [0.3, 0.4) is 0 Å². The Kier molecular flexibility index (Phi) is 4.23. The Balaban J connectivity index is 1.76. The second kappa shape index (κ2) is 5.91. The van der Waals surface area contributed by atoms with Gasteiger partial charge in [0.2, 0.25) is 0 Å². The number of carbonyl (C=O) groups is 1. The topological polar surface area (TPSA) is 42.2 Å². The number of alkyl halides is 2. The summed E-state index contributed by atoms with van der Waals surface area (Å²) >= 11 is 0. The molecule has 1 N–H and O–H groups in total. The standard InChI is InChI=1S/C18H25F2NO2/c1-11-12(2)21(16-7-8-18(19,20)9-15(11)16)10-13-3-5-14(6-4-13)17(22)23/h13-14H,3-10H2,1-2H3,(H,22,23). The van der Waals surface area contributed by atoms with E-state index in [-0.39, 0.29) is 18.8 Å². The van der Waals surface area contributed by atoms with Crippen LogP contribution in [-0.4, -0.2) is 21.6 Å². The van der Waals surface area contributed by atoms with Gasteiger partial charge < -0.3 is 9.67 Å². The monoisotopic (exact) mass is 325 g/mol. The van der Waals surface area contributed by atoms with Crippen LogP contribution in [0.1, 0.15) is 54.6 Å². The van der Waals surface area contributed by atoms with Crippen LogP contribution in [0.2, 0.25) is 0 Å². The van der Waals surface area contributed by atoms with Crippen molar-refractivity contribution in [3.63, 3.8) is 0 Å². The normalized spacial score (nSPS) is 26.8. The molecule has 0 spiro atoms. The first-order valence-corrected chi connectivity index (χ1v) is 8.56. The lowest BCUT2D eigenvalue weighted by atomic mass is 9.82. The van der Waals surface area contributed by atoms with Gasteiger partial charge in [-0.05, 0) is 63.0 Å².